The van der Waals surface area contributed by atoms with E-state index in [0.29, 0.717) is 23.0 Å². The van der Waals surface area contributed by atoms with Crippen LogP contribution in [0.3, 0.4) is 0 Å². The van der Waals surface area contributed by atoms with Crippen LogP contribution in [0.1, 0.15) is 12.5 Å². The van der Waals surface area contributed by atoms with Crippen LogP contribution < -0.4 is 24.4 Å². The van der Waals surface area contributed by atoms with E-state index in [1.807, 2.05) is 0 Å². The van der Waals surface area contributed by atoms with E-state index in [2.05, 4.69) is 15.2 Å². The number of benzene rings is 3. The summed E-state index contributed by atoms with van der Waals surface area (Å²) in [7, 11) is -2.71. The number of nitrogens with one attached hydrogen (secondary N) is 2. The van der Waals surface area contributed by atoms with Crippen LogP contribution in [0.5, 0.6) is 17.2 Å². The zero-order valence-electron chi connectivity index (χ0n) is 18.1. The summed E-state index contributed by atoms with van der Waals surface area (Å²) in [6.07, 6.45) is 0. The quantitative estimate of drug-likeness (QED) is 0.278. The van der Waals surface area contributed by atoms with E-state index in [9.17, 15) is 18.5 Å². The molecule has 0 spiro atoms. The van der Waals surface area contributed by atoms with E-state index >= 15 is 0 Å². The van der Waals surface area contributed by atoms with Crippen molar-refractivity contribution in [3.8, 4) is 17.2 Å². The van der Waals surface area contributed by atoms with Crippen LogP contribution in [-0.2, 0) is 10.0 Å². The van der Waals surface area contributed by atoms with E-state index < -0.39 is 14.9 Å². The number of nitro benzene ring substituents is 1. The number of ether oxygens (including phenoxy) is 3. The lowest BCUT2D eigenvalue weighted by Crippen LogP contribution is -2.15. The third-order valence-electron chi connectivity index (χ3n) is 4.94. The number of rotatable bonds is 8. The number of non-ortho nitro benzene ring substituents is 1. The number of sulfonamides is 1. The molecule has 4 rings (SSSR count). The number of hydrazone groups is 1. The Morgan fingerprint density at radius 3 is 2.50 bits per heavy atom. The summed E-state index contributed by atoms with van der Waals surface area (Å²) >= 11 is 0. The first-order chi connectivity index (χ1) is 16.3. The number of fused-ring (bicyclic) bond motifs is 1. The fourth-order valence-electron chi connectivity index (χ4n) is 3.14. The Morgan fingerprint density at radius 2 is 1.79 bits per heavy atom. The maximum Gasteiger partial charge on any atom is 0.270 e. The third kappa shape index (κ3) is 4.86. The molecule has 176 valence electrons. The largest absolute Gasteiger partial charge is 0.497 e. The van der Waals surface area contributed by atoms with Gasteiger partial charge in [0.2, 0.25) is 6.79 Å². The Labute approximate surface area is 195 Å². The summed E-state index contributed by atoms with van der Waals surface area (Å²) in [6.45, 7) is 1.86. The van der Waals surface area contributed by atoms with E-state index in [1.165, 1.54) is 31.4 Å². The lowest BCUT2D eigenvalue weighted by molar-refractivity contribution is -0.385. The van der Waals surface area contributed by atoms with Crippen LogP contribution in [0.4, 0.5) is 17.1 Å². The molecule has 0 radical (unpaired) electrons. The van der Waals surface area contributed by atoms with Gasteiger partial charge in [0.1, 0.15) is 10.6 Å². The van der Waals surface area contributed by atoms with Gasteiger partial charge in [0, 0.05) is 23.4 Å². The molecule has 0 amide bonds. The van der Waals surface area contributed by atoms with Gasteiger partial charge in [-0.15, -0.1) is 0 Å². The molecule has 0 saturated carbocycles. The van der Waals surface area contributed by atoms with Crippen LogP contribution in [0, 0.1) is 10.1 Å². The molecule has 1 heterocycles. The molecule has 0 unspecified atom stereocenters. The molecule has 0 aliphatic carbocycles. The minimum atomic E-state index is -4.20. The molecule has 0 fully saturated rings. The Kier molecular flexibility index (Phi) is 6.23. The molecule has 2 N–H and O–H groups in total. The lowest BCUT2D eigenvalue weighted by Gasteiger charge is -2.13. The monoisotopic (exact) mass is 484 g/mol. The number of nitro groups is 1. The molecule has 3 aromatic carbocycles. The van der Waals surface area contributed by atoms with Crippen molar-refractivity contribution in [3.05, 3.63) is 76.3 Å². The molecule has 0 bridgehead atoms. The Hall–Kier alpha value is -4.32. The van der Waals surface area contributed by atoms with Gasteiger partial charge in [0.25, 0.3) is 15.7 Å². The van der Waals surface area contributed by atoms with Crippen molar-refractivity contribution < 1.29 is 27.6 Å². The van der Waals surface area contributed by atoms with Gasteiger partial charge in [0.15, 0.2) is 11.5 Å². The second-order valence-electron chi connectivity index (χ2n) is 7.15. The molecule has 0 aromatic heterocycles. The van der Waals surface area contributed by atoms with Gasteiger partial charge in [-0.2, -0.15) is 5.10 Å². The SMILES string of the molecule is COc1ccc(NS(=O)(=O)c2cc([N+](=O)[O-])ccc2NN=C(C)c2ccc3c(c2)OCO3)cc1. The van der Waals surface area contributed by atoms with Crippen molar-refractivity contribution in [1.82, 2.24) is 0 Å². The second-order valence-corrected chi connectivity index (χ2v) is 8.80. The number of hydrogen-bond donors (Lipinski definition) is 2. The molecule has 0 atom stereocenters. The predicted molar refractivity (Wildman–Crippen MR) is 125 cm³/mol. The highest BCUT2D eigenvalue weighted by Gasteiger charge is 2.23. The first kappa shape index (κ1) is 22.9. The Balaban J connectivity index is 1.64. The van der Waals surface area contributed by atoms with Crippen molar-refractivity contribution in [2.45, 2.75) is 11.8 Å². The summed E-state index contributed by atoms with van der Waals surface area (Å²) < 4.78 is 44.4. The van der Waals surface area contributed by atoms with Gasteiger partial charge < -0.3 is 14.2 Å². The third-order valence-corrected chi connectivity index (χ3v) is 6.36. The molecular formula is C22H20N4O7S. The number of anilines is 2. The van der Waals surface area contributed by atoms with E-state index in [-0.39, 0.29) is 28.8 Å². The molecule has 0 saturated heterocycles. The highest BCUT2D eigenvalue weighted by Crippen LogP contribution is 2.33. The summed E-state index contributed by atoms with van der Waals surface area (Å²) in [5.41, 5.74) is 3.91. The van der Waals surface area contributed by atoms with Crippen LogP contribution in [0.25, 0.3) is 0 Å². The van der Waals surface area contributed by atoms with Crippen molar-refractivity contribution in [1.29, 1.82) is 0 Å². The van der Waals surface area contributed by atoms with Crippen LogP contribution >= 0.6 is 0 Å². The van der Waals surface area contributed by atoms with Crippen LogP contribution in [0.2, 0.25) is 0 Å². The maximum absolute atomic E-state index is 13.1. The van der Waals surface area contributed by atoms with Crippen LogP contribution in [-0.4, -0.2) is 33.0 Å². The molecule has 11 nitrogen and oxygen atoms in total. The molecule has 1 aliphatic heterocycles. The highest BCUT2D eigenvalue weighted by molar-refractivity contribution is 7.92. The molecule has 1 aliphatic rings. The summed E-state index contributed by atoms with van der Waals surface area (Å²) in [5, 5.41) is 15.5. The standard InChI is InChI=1S/C22H20N4O7S/c1-14(15-3-10-20-21(11-15)33-13-32-20)23-24-19-9-6-17(26(27)28)12-22(19)34(29,30)25-16-4-7-18(31-2)8-5-16/h3-12,24-25H,13H2,1-2H3. The molecule has 34 heavy (non-hydrogen) atoms. The van der Waals surface area contributed by atoms with Crippen molar-refractivity contribution in [2.75, 3.05) is 24.1 Å². The van der Waals surface area contributed by atoms with Gasteiger partial charge in [-0.25, -0.2) is 8.42 Å². The van der Waals surface area contributed by atoms with Crippen LogP contribution in [0.15, 0.2) is 70.7 Å². The van der Waals surface area contributed by atoms with E-state index in [0.717, 1.165) is 11.6 Å². The molecular weight excluding hydrogens is 464 g/mol. The summed E-state index contributed by atoms with van der Waals surface area (Å²) in [4.78, 5) is 10.3. The molecule has 3 aromatic rings. The summed E-state index contributed by atoms with van der Waals surface area (Å²) in [5.74, 6) is 1.75. The topological polar surface area (TPSA) is 141 Å². The average Bonchev–Trinajstić information content (AvgIpc) is 3.30. The maximum atomic E-state index is 13.1. The summed E-state index contributed by atoms with van der Waals surface area (Å²) in [6, 6.07) is 14.9. The van der Waals surface area contributed by atoms with Gasteiger partial charge in [0.05, 0.1) is 23.4 Å². The van der Waals surface area contributed by atoms with E-state index in [4.69, 9.17) is 14.2 Å². The van der Waals surface area contributed by atoms with Gasteiger partial charge in [-0.3, -0.25) is 20.3 Å². The van der Waals surface area contributed by atoms with E-state index in [1.54, 1.807) is 37.3 Å². The average molecular weight is 484 g/mol. The fourth-order valence-corrected chi connectivity index (χ4v) is 4.37. The zero-order chi connectivity index (χ0) is 24.3. The first-order valence-corrected chi connectivity index (χ1v) is 11.4. The number of hydrogen-bond acceptors (Lipinski definition) is 9. The Morgan fingerprint density at radius 1 is 1.06 bits per heavy atom. The smallest absolute Gasteiger partial charge is 0.270 e. The second kappa shape index (κ2) is 9.27. The Bertz CT molecular complexity index is 1370. The number of methoxy groups -OCH3 is 1. The normalized spacial score (nSPS) is 12.8. The van der Waals surface area contributed by atoms with Gasteiger partial charge >= 0.3 is 0 Å². The zero-order valence-corrected chi connectivity index (χ0v) is 19.0. The lowest BCUT2D eigenvalue weighted by atomic mass is 10.1. The minimum absolute atomic E-state index is 0.0618. The van der Waals surface area contributed by atoms with Crippen molar-refractivity contribution >= 4 is 32.8 Å². The van der Waals surface area contributed by atoms with Gasteiger partial charge in [-0.1, -0.05) is 0 Å². The first-order valence-electron chi connectivity index (χ1n) is 9.92. The van der Waals surface area contributed by atoms with Crippen molar-refractivity contribution in [3.63, 3.8) is 0 Å². The van der Waals surface area contributed by atoms with Crippen molar-refractivity contribution in [2.24, 2.45) is 5.10 Å². The van der Waals surface area contributed by atoms with Gasteiger partial charge in [-0.05, 0) is 55.5 Å². The fraction of sp³-hybridized carbons (Fsp3) is 0.136. The highest BCUT2D eigenvalue weighted by atomic mass is 32.2. The predicted octanol–water partition coefficient (Wildman–Crippen LogP) is 3.97. The minimum Gasteiger partial charge on any atom is -0.497 e. The molecule has 12 heteroatoms. The number of nitrogens with zero attached hydrogens (tertiary/aromatic N) is 2.